The van der Waals surface area contributed by atoms with Crippen molar-refractivity contribution in [3.63, 3.8) is 0 Å². The number of hydrogen-bond donors (Lipinski definition) is 0. The van der Waals surface area contributed by atoms with E-state index in [0.29, 0.717) is 29.0 Å². The Morgan fingerprint density at radius 1 is 1.00 bits per heavy atom. The Morgan fingerprint density at radius 3 is 2.61 bits per heavy atom. The molecule has 144 valence electrons. The first kappa shape index (κ1) is 18.9. The van der Waals surface area contributed by atoms with Gasteiger partial charge in [-0.1, -0.05) is 60.6 Å². The summed E-state index contributed by atoms with van der Waals surface area (Å²) in [6.45, 7) is 0.606. The number of Topliss-reactive ketones (excluding diaryl/α,β-unsaturated/α-hetero) is 1. The van der Waals surface area contributed by atoms with E-state index < -0.39 is 0 Å². The topological polar surface area (TPSA) is 52.0 Å². The number of para-hydroxylation sites is 1. The van der Waals surface area contributed by atoms with Gasteiger partial charge in [0.2, 0.25) is 0 Å². The molecule has 2 aromatic carbocycles. The molecule has 0 amide bonds. The highest BCUT2D eigenvalue weighted by molar-refractivity contribution is 8.00. The minimum atomic E-state index is -0.0813. The molecule has 0 spiro atoms. The van der Waals surface area contributed by atoms with Crippen LogP contribution >= 0.6 is 11.8 Å². The SMILES string of the molecule is O=C1CCCCC1Sc1nc2ccccc2c(=O)n1CCCc1ccccc1. The Labute approximate surface area is 169 Å². The first-order chi connectivity index (χ1) is 13.7. The maximum Gasteiger partial charge on any atom is 0.262 e. The second-order valence-corrected chi connectivity index (χ2v) is 8.45. The van der Waals surface area contributed by atoms with Crippen molar-refractivity contribution in [3.05, 3.63) is 70.5 Å². The van der Waals surface area contributed by atoms with E-state index in [0.717, 1.165) is 32.1 Å². The number of aromatic nitrogens is 2. The quantitative estimate of drug-likeness (QED) is 0.574. The van der Waals surface area contributed by atoms with Crippen molar-refractivity contribution in [1.82, 2.24) is 9.55 Å². The van der Waals surface area contributed by atoms with Crippen LogP contribution in [0.1, 0.15) is 37.7 Å². The predicted octanol–water partition coefficient (Wildman–Crippen LogP) is 4.63. The Kier molecular flexibility index (Phi) is 5.91. The smallest absolute Gasteiger partial charge is 0.262 e. The summed E-state index contributed by atoms with van der Waals surface area (Å²) >= 11 is 1.48. The zero-order valence-corrected chi connectivity index (χ0v) is 16.7. The van der Waals surface area contributed by atoms with E-state index in [9.17, 15) is 9.59 Å². The number of rotatable bonds is 6. The van der Waals surface area contributed by atoms with Gasteiger partial charge in [0.05, 0.1) is 16.2 Å². The Bertz CT molecular complexity index is 1030. The average Bonchev–Trinajstić information content (AvgIpc) is 2.73. The molecule has 1 saturated carbocycles. The van der Waals surface area contributed by atoms with Crippen molar-refractivity contribution < 1.29 is 4.79 Å². The van der Waals surface area contributed by atoms with Gasteiger partial charge in [-0.25, -0.2) is 4.98 Å². The van der Waals surface area contributed by atoms with E-state index in [1.165, 1.54) is 17.3 Å². The number of fused-ring (bicyclic) bond motifs is 1. The van der Waals surface area contributed by atoms with Crippen LogP contribution in [-0.4, -0.2) is 20.6 Å². The maximum atomic E-state index is 13.1. The molecule has 1 atom stereocenters. The van der Waals surface area contributed by atoms with Gasteiger partial charge >= 0.3 is 0 Å². The Hall–Kier alpha value is -2.40. The molecule has 5 heteroatoms. The minimum absolute atomic E-state index is 0.00980. The van der Waals surface area contributed by atoms with Crippen molar-refractivity contribution in [3.8, 4) is 0 Å². The van der Waals surface area contributed by atoms with E-state index >= 15 is 0 Å². The molecule has 1 unspecified atom stereocenters. The second-order valence-electron chi connectivity index (χ2n) is 7.28. The van der Waals surface area contributed by atoms with E-state index in [1.54, 1.807) is 4.57 Å². The summed E-state index contributed by atoms with van der Waals surface area (Å²) in [5.41, 5.74) is 1.96. The van der Waals surface area contributed by atoms with E-state index in [4.69, 9.17) is 4.98 Å². The van der Waals surface area contributed by atoms with Gasteiger partial charge < -0.3 is 0 Å². The molecule has 1 aliphatic carbocycles. The number of carbonyl (C=O) groups is 1. The molecule has 4 nitrogen and oxygen atoms in total. The van der Waals surface area contributed by atoms with Crippen LogP contribution in [0.2, 0.25) is 0 Å². The average molecular weight is 393 g/mol. The largest absolute Gasteiger partial charge is 0.298 e. The van der Waals surface area contributed by atoms with Crippen LogP contribution in [-0.2, 0) is 17.8 Å². The molecule has 28 heavy (non-hydrogen) atoms. The maximum absolute atomic E-state index is 13.1. The molecule has 0 bridgehead atoms. The van der Waals surface area contributed by atoms with Crippen LogP contribution in [0.5, 0.6) is 0 Å². The molecule has 1 aliphatic rings. The number of aryl methyl sites for hydroxylation is 1. The van der Waals surface area contributed by atoms with Crippen molar-refractivity contribution in [2.75, 3.05) is 0 Å². The first-order valence-electron chi connectivity index (χ1n) is 9.95. The lowest BCUT2D eigenvalue weighted by atomic mass is 9.99. The molecule has 0 N–H and O–H groups in total. The van der Waals surface area contributed by atoms with Crippen molar-refractivity contribution in [2.45, 2.75) is 55.5 Å². The third-order valence-electron chi connectivity index (χ3n) is 5.26. The number of thioether (sulfide) groups is 1. The first-order valence-corrected chi connectivity index (χ1v) is 10.8. The van der Waals surface area contributed by atoms with Gasteiger partial charge in [-0.05, 0) is 43.4 Å². The number of hydrogen-bond acceptors (Lipinski definition) is 4. The van der Waals surface area contributed by atoms with Crippen LogP contribution in [0, 0.1) is 0 Å². The standard InChI is InChI=1S/C23H24N2O2S/c26-20-14-6-7-15-21(20)28-23-24-19-13-5-4-12-18(19)22(27)25(23)16-8-11-17-9-2-1-3-10-17/h1-5,9-10,12-13,21H,6-8,11,14-16H2. The lowest BCUT2D eigenvalue weighted by molar-refractivity contribution is -0.119. The summed E-state index contributed by atoms with van der Waals surface area (Å²) in [4.78, 5) is 30.2. The molecule has 0 aliphatic heterocycles. The van der Waals surface area contributed by atoms with Gasteiger partial charge in [0.1, 0.15) is 5.78 Å². The van der Waals surface area contributed by atoms with Crippen LogP contribution in [0.15, 0.2) is 64.5 Å². The highest BCUT2D eigenvalue weighted by Crippen LogP contribution is 2.31. The number of nitrogens with zero attached hydrogens (tertiary/aromatic N) is 2. The van der Waals surface area contributed by atoms with Crippen molar-refractivity contribution in [2.24, 2.45) is 0 Å². The molecule has 1 heterocycles. The highest BCUT2D eigenvalue weighted by atomic mass is 32.2. The van der Waals surface area contributed by atoms with Crippen molar-refractivity contribution in [1.29, 1.82) is 0 Å². The molecule has 1 aromatic heterocycles. The molecule has 0 radical (unpaired) electrons. The van der Waals surface area contributed by atoms with Crippen LogP contribution < -0.4 is 5.56 Å². The van der Waals surface area contributed by atoms with Gasteiger partial charge in [-0.3, -0.25) is 14.2 Å². The lowest BCUT2D eigenvalue weighted by Gasteiger charge is -2.21. The predicted molar refractivity (Wildman–Crippen MR) is 114 cm³/mol. The monoisotopic (exact) mass is 392 g/mol. The number of benzene rings is 2. The minimum Gasteiger partial charge on any atom is -0.298 e. The van der Waals surface area contributed by atoms with Crippen LogP contribution in [0.25, 0.3) is 10.9 Å². The molecule has 3 aromatic rings. The summed E-state index contributed by atoms with van der Waals surface area (Å²) in [6, 6.07) is 17.8. The van der Waals surface area contributed by atoms with Gasteiger partial charge in [-0.15, -0.1) is 0 Å². The summed E-state index contributed by atoms with van der Waals surface area (Å²) in [6.07, 6.45) is 5.32. The fourth-order valence-corrected chi connectivity index (χ4v) is 4.96. The van der Waals surface area contributed by atoms with Crippen LogP contribution in [0.3, 0.4) is 0 Å². The highest BCUT2D eigenvalue weighted by Gasteiger charge is 2.25. The van der Waals surface area contributed by atoms with Gasteiger partial charge in [0.25, 0.3) is 5.56 Å². The molecule has 4 rings (SSSR count). The van der Waals surface area contributed by atoms with Crippen LogP contribution in [0.4, 0.5) is 0 Å². The van der Waals surface area contributed by atoms with Gasteiger partial charge in [0, 0.05) is 13.0 Å². The fraction of sp³-hybridized carbons (Fsp3) is 0.348. The van der Waals surface area contributed by atoms with E-state index in [-0.39, 0.29) is 16.6 Å². The zero-order valence-electron chi connectivity index (χ0n) is 15.8. The fourth-order valence-electron chi connectivity index (χ4n) is 3.72. The molecular weight excluding hydrogens is 368 g/mol. The number of carbonyl (C=O) groups excluding carboxylic acids is 1. The number of ketones is 1. The third kappa shape index (κ3) is 4.20. The molecular formula is C23H24N2O2S. The van der Waals surface area contributed by atoms with Gasteiger partial charge in [-0.2, -0.15) is 0 Å². The van der Waals surface area contributed by atoms with Crippen molar-refractivity contribution >= 4 is 28.4 Å². The lowest BCUT2D eigenvalue weighted by Crippen LogP contribution is -2.27. The molecule has 1 fully saturated rings. The Balaban J connectivity index is 1.62. The third-order valence-corrected chi connectivity index (χ3v) is 6.57. The summed E-state index contributed by atoms with van der Waals surface area (Å²) in [7, 11) is 0. The van der Waals surface area contributed by atoms with Gasteiger partial charge in [0.15, 0.2) is 5.16 Å². The summed E-state index contributed by atoms with van der Waals surface area (Å²) in [5.74, 6) is 0.287. The summed E-state index contributed by atoms with van der Waals surface area (Å²) in [5, 5.41) is 1.24. The van der Waals surface area contributed by atoms with E-state index in [2.05, 4.69) is 12.1 Å². The second kappa shape index (κ2) is 8.74. The molecule has 0 saturated heterocycles. The normalized spacial score (nSPS) is 17.1. The Morgan fingerprint density at radius 2 is 1.79 bits per heavy atom. The van der Waals surface area contributed by atoms with E-state index in [1.807, 2.05) is 42.5 Å². The summed E-state index contributed by atoms with van der Waals surface area (Å²) < 4.78 is 1.78. The zero-order chi connectivity index (χ0) is 19.3.